The Morgan fingerprint density at radius 3 is 2.26 bits per heavy atom. The van der Waals surface area contributed by atoms with Crippen molar-refractivity contribution < 1.29 is 4.74 Å². The molecule has 0 amide bonds. The van der Waals surface area contributed by atoms with E-state index in [0.29, 0.717) is 6.61 Å². The maximum Gasteiger partial charge on any atom is 0.0716 e. The number of unbranched alkanes of at least 4 members (excludes halogenated alkanes) is 1. The summed E-state index contributed by atoms with van der Waals surface area (Å²) in [5.74, 6) is 0. The third-order valence-corrected chi connectivity index (χ3v) is 2.88. The molecule has 0 bridgehead atoms. The van der Waals surface area contributed by atoms with Crippen molar-refractivity contribution in [2.24, 2.45) is 0 Å². The van der Waals surface area contributed by atoms with Crippen LogP contribution in [0.3, 0.4) is 0 Å². The molecule has 0 saturated heterocycles. The molecule has 0 atom stereocenters. The van der Waals surface area contributed by atoms with Crippen molar-refractivity contribution in [2.45, 2.75) is 19.4 Å². The molecular formula is C18H20O. The summed E-state index contributed by atoms with van der Waals surface area (Å²) in [6, 6.07) is 20.7. The zero-order valence-corrected chi connectivity index (χ0v) is 11.2. The fourth-order valence-corrected chi connectivity index (χ4v) is 1.85. The van der Waals surface area contributed by atoms with E-state index in [2.05, 4.69) is 48.6 Å². The molecule has 0 aromatic heterocycles. The van der Waals surface area contributed by atoms with E-state index in [9.17, 15) is 0 Å². The summed E-state index contributed by atoms with van der Waals surface area (Å²) >= 11 is 0. The highest BCUT2D eigenvalue weighted by atomic mass is 16.5. The molecule has 0 radical (unpaired) electrons. The molecular weight excluding hydrogens is 232 g/mol. The van der Waals surface area contributed by atoms with E-state index in [-0.39, 0.29) is 0 Å². The Bertz CT molecular complexity index is 474. The van der Waals surface area contributed by atoms with Crippen molar-refractivity contribution in [3.63, 3.8) is 0 Å². The minimum atomic E-state index is 0.712. The molecule has 0 heterocycles. The first kappa shape index (κ1) is 13.6. The van der Waals surface area contributed by atoms with Gasteiger partial charge in [0.05, 0.1) is 6.61 Å². The van der Waals surface area contributed by atoms with Gasteiger partial charge in [-0.05, 0) is 24.0 Å². The highest BCUT2D eigenvalue weighted by molar-refractivity contribution is 5.48. The van der Waals surface area contributed by atoms with Gasteiger partial charge in [0.25, 0.3) is 0 Å². The first-order chi connectivity index (χ1) is 9.45. The molecule has 0 fully saturated rings. The molecule has 2 aromatic rings. The van der Waals surface area contributed by atoms with E-state index in [0.717, 1.165) is 19.4 Å². The van der Waals surface area contributed by atoms with Gasteiger partial charge >= 0.3 is 0 Å². The Morgan fingerprint density at radius 1 is 0.842 bits per heavy atom. The second-order valence-electron chi connectivity index (χ2n) is 4.49. The van der Waals surface area contributed by atoms with E-state index in [1.807, 2.05) is 24.3 Å². The number of hydrogen-bond acceptors (Lipinski definition) is 1. The molecule has 2 aromatic carbocycles. The summed E-state index contributed by atoms with van der Waals surface area (Å²) in [6.45, 7) is 1.53. The molecule has 0 N–H and O–H groups in total. The standard InChI is InChI=1S/C18H20O/c1-4-10-17(11-5-1)12-8-3-9-15-19-16-18-13-6-2-7-14-18/h1-2,4-8,10-14H,3,9,15-16H2/b12-8-. The number of allylic oxidation sites excluding steroid dienone is 1. The number of benzene rings is 2. The average Bonchev–Trinajstić information content (AvgIpc) is 2.48. The number of ether oxygens (including phenoxy) is 1. The first-order valence-corrected chi connectivity index (χ1v) is 6.78. The average molecular weight is 252 g/mol. The molecule has 19 heavy (non-hydrogen) atoms. The van der Waals surface area contributed by atoms with E-state index in [1.54, 1.807) is 0 Å². The van der Waals surface area contributed by atoms with Gasteiger partial charge in [0.15, 0.2) is 0 Å². The summed E-state index contributed by atoms with van der Waals surface area (Å²) in [6.07, 6.45) is 6.50. The van der Waals surface area contributed by atoms with Crippen molar-refractivity contribution >= 4 is 6.08 Å². The van der Waals surface area contributed by atoms with Crippen molar-refractivity contribution in [3.8, 4) is 0 Å². The van der Waals surface area contributed by atoms with Crippen LogP contribution in [0.4, 0.5) is 0 Å². The molecule has 0 aliphatic rings. The highest BCUT2D eigenvalue weighted by Crippen LogP contribution is 2.04. The van der Waals surface area contributed by atoms with Crippen LogP contribution in [-0.4, -0.2) is 6.61 Å². The lowest BCUT2D eigenvalue weighted by molar-refractivity contribution is 0.119. The van der Waals surface area contributed by atoms with Gasteiger partial charge in [-0.2, -0.15) is 0 Å². The first-order valence-electron chi connectivity index (χ1n) is 6.78. The van der Waals surface area contributed by atoms with Gasteiger partial charge in [-0.1, -0.05) is 72.8 Å². The Morgan fingerprint density at radius 2 is 1.53 bits per heavy atom. The fraction of sp³-hybridized carbons (Fsp3) is 0.222. The molecule has 0 spiro atoms. The topological polar surface area (TPSA) is 9.23 Å². The van der Waals surface area contributed by atoms with Crippen LogP contribution < -0.4 is 0 Å². The summed E-state index contributed by atoms with van der Waals surface area (Å²) in [5, 5.41) is 0. The summed E-state index contributed by atoms with van der Waals surface area (Å²) < 4.78 is 5.64. The van der Waals surface area contributed by atoms with E-state index in [4.69, 9.17) is 4.74 Å². The van der Waals surface area contributed by atoms with Gasteiger partial charge in [-0.3, -0.25) is 0 Å². The van der Waals surface area contributed by atoms with E-state index in [1.165, 1.54) is 11.1 Å². The summed E-state index contributed by atoms with van der Waals surface area (Å²) in [5.41, 5.74) is 2.50. The minimum Gasteiger partial charge on any atom is -0.377 e. The van der Waals surface area contributed by atoms with Gasteiger partial charge in [-0.25, -0.2) is 0 Å². The Hall–Kier alpha value is -1.86. The quantitative estimate of drug-likeness (QED) is 0.649. The predicted molar refractivity (Wildman–Crippen MR) is 80.8 cm³/mol. The minimum absolute atomic E-state index is 0.712. The SMILES string of the molecule is C(=C/c1ccccc1)/CCCOCc1ccccc1. The van der Waals surface area contributed by atoms with Crippen LogP contribution in [0, 0.1) is 0 Å². The van der Waals surface area contributed by atoms with Crippen LogP contribution in [-0.2, 0) is 11.3 Å². The van der Waals surface area contributed by atoms with Gasteiger partial charge < -0.3 is 4.74 Å². The number of hydrogen-bond donors (Lipinski definition) is 0. The summed E-state index contributed by atoms with van der Waals surface area (Å²) in [7, 11) is 0. The lowest BCUT2D eigenvalue weighted by atomic mass is 10.2. The monoisotopic (exact) mass is 252 g/mol. The van der Waals surface area contributed by atoms with Crippen LogP contribution in [0.25, 0.3) is 6.08 Å². The van der Waals surface area contributed by atoms with E-state index < -0.39 is 0 Å². The van der Waals surface area contributed by atoms with Crippen LogP contribution in [0.1, 0.15) is 24.0 Å². The highest BCUT2D eigenvalue weighted by Gasteiger charge is 1.91. The maximum absolute atomic E-state index is 5.64. The van der Waals surface area contributed by atoms with Crippen LogP contribution >= 0.6 is 0 Å². The molecule has 0 aliphatic heterocycles. The van der Waals surface area contributed by atoms with Crippen molar-refractivity contribution in [1.29, 1.82) is 0 Å². The Kier molecular flexibility index (Phi) is 5.91. The zero-order valence-electron chi connectivity index (χ0n) is 11.2. The second-order valence-corrected chi connectivity index (χ2v) is 4.49. The van der Waals surface area contributed by atoms with Crippen molar-refractivity contribution in [3.05, 3.63) is 77.9 Å². The zero-order chi connectivity index (χ0) is 13.2. The number of rotatable bonds is 7. The van der Waals surface area contributed by atoms with Gasteiger partial charge in [0.2, 0.25) is 0 Å². The van der Waals surface area contributed by atoms with Crippen LogP contribution in [0.15, 0.2) is 66.7 Å². The molecule has 1 heteroatoms. The molecule has 0 saturated carbocycles. The van der Waals surface area contributed by atoms with Crippen LogP contribution in [0.5, 0.6) is 0 Å². The molecule has 2 rings (SSSR count). The Balaban J connectivity index is 1.56. The molecule has 0 unspecified atom stereocenters. The van der Waals surface area contributed by atoms with Gasteiger partial charge in [0, 0.05) is 6.61 Å². The normalized spacial score (nSPS) is 10.9. The lowest BCUT2D eigenvalue weighted by Gasteiger charge is -2.02. The summed E-state index contributed by atoms with van der Waals surface area (Å²) in [4.78, 5) is 0. The fourth-order valence-electron chi connectivity index (χ4n) is 1.85. The second kappa shape index (κ2) is 8.28. The third kappa shape index (κ3) is 5.54. The smallest absolute Gasteiger partial charge is 0.0716 e. The molecule has 1 nitrogen and oxygen atoms in total. The maximum atomic E-state index is 5.64. The van der Waals surface area contributed by atoms with Crippen molar-refractivity contribution in [2.75, 3.05) is 6.61 Å². The predicted octanol–water partition coefficient (Wildman–Crippen LogP) is 4.70. The third-order valence-electron chi connectivity index (χ3n) is 2.88. The largest absolute Gasteiger partial charge is 0.377 e. The van der Waals surface area contributed by atoms with E-state index >= 15 is 0 Å². The molecule has 0 aliphatic carbocycles. The van der Waals surface area contributed by atoms with Crippen molar-refractivity contribution in [1.82, 2.24) is 0 Å². The van der Waals surface area contributed by atoms with Gasteiger partial charge in [-0.15, -0.1) is 0 Å². The van der Waals surface area contributed by atoms with Gasteiger partial charge in [0.1, 0.15) is 0 Å². The lowest BCUT2D eigenvalue weighted by Crippen LogP contribution is -1.94. The molecule has 98 valence electrons. The Labute approximate surface area is 115 Å². The van der Waals surface area contributed by atoms with Crippen LogP contribution in [0.2, 0.25) is 0 Å².